The Morgan fingerprint density at radius 2 is 1.50 bits per heavy atom. The Labute approximate surface area is 212 Å². The van der Waals surface area contributed by atoms with Crippen molar-refractivity contribution in [2.45, 2.75) is 52.4 Å². The maximum atomic E-state index is 7.80. The highest BCUT2D eigenvalue weighted by molar-refractivity contribution is 6.15. The Morgan fingerprint density at radius 3 is 2.19 bits per heavy atom. The van der Waals surface area contributed by atoms with Crippen LogP contribution in [0, 0.1) is 27.3 Å². The number of hydrogen-bond donors (Lipinski definition) is 0. The number of aromatic nitrogens is 1. The molecule has 2 heterocycles. The van der Waals surface area contributed by atoms with E-state index in [-0.39, 0.29) is 0 Å². The summed E-state index contributed by atoms with van der Waals surface area (Å²) in [7, 11) is 2.19. The number of nitrogens with zero attached hydrogens (tertiary/aromatic N) is 2. The van der Waals surface area contributed by atoms with Crippen molar-refractivity contribution in [3.63, 3.8) is 0 Å². The fraction of sp³-hybridized carbons (Fsp3) is 0.273. The molecule has 36 heavy (non-hydrogen) atoms. The van der Waals surface area contributed by atoms with Gasteiger partial charge in [-0.05, 0) is 49.3 Å². The van der Waals surface area contributed by atoms with E-state index in [2.05, 4.69) is 67.6 Å². The number of aryl methyl sites for hydroxylation is 2. The molecule has 3 nitrogen and oxygen atoms in total. The second-order valence-corrected chi connectivity index (χ2v) is 10.3. The zero-order valence-corrected chi connectivity index (χ0v) is 21.5. The third-order valence-corrected chi connectivity index (χ3v) is 8.23. The average Bonchev–Trinajstić information content (AvgIpc) is 3.54. The third-order valence-electron chi connectivity index (χ3n) is 8.23. The largest absolute Gasteiger partial charge is 0.456 e. The van der Waals surface area contributed by atoms with Gasteiger partial charge in [0.05, 0.1) is 12.1 Å². The van der Waals surface area contributed by atoms with Crippen molar-refractivity contribution < 1.29 is 8.98 Å². The average molecular weight is 472 g/mol. The van der Waals surface area contributed by atoms with Crippen molar-refractivity contribution in [1.82, 2.24) is 0 Å². The molecule has 0 atom stereocenters. The number of hydrogen-bond acceptors (Lipinski definition) is 1. The van der Waals surface area contributed by atoms with E-state index >= 15 is 0 Å². The predicted octanol–water partition coefficient (Wildman–Crippen LogP) is 8.88. The molecule has 0 radical (unpaired) electrons. The molecule has 1 aliphatic rings. The van der Waals surface area contributed by atoms with Gasteiger partial charge in [-0.2, -0.15) is 4.57 Å². The molecular weight excluding hydrogens is 440 g/mol. The van der Waals surface area contributed by atoms with Gasteiger partial charge in [0.15, 0.2) is 11.4 Å². The second kappa shape index (κ2) is 8.64. The van der Waals surface area contributed by atoms with Crippen molar-refractivity contribution in [2.24, 2.45) is 7.05 Å². The van der Waals surface area contributed by atoms with Gasteiger partial charge in [0.2, 0.25) is 5.69 Å². The molecule has 3 aromatic carbocycles. The Hall–Kier alpha value is -3.90. The van der Waals surface area contributed by atoms with Crippen LogP contribution in [-0.2, 0) is 7.05 Å². The minimum Gasteiger partial charge on any atom is -0.456 e. The molecule has 2 aromatic heterocycles. The van der Waals surface area contributed by atoms with E-state index in [9.17, 15) is 0 Å². The van der Waals surface area contributed by atoms with Crippen LogP contribution in [0.3, 0.4) is 0 Å². The van der Waals surface area contributed by atoms with Crippen LogP contribution in [0.25, 0.3) is 49.2 Å². The monoisotopic (exact) mass is 471 g/mol. The van der Waals surface area contributed by atoms with E-state index in [1.165, 1.54) is 53.8 Å². The van der Waals surface area contributed by atoms with Crippen molar-refractivity contribution in [3.05, 3.63) is 94.5 Å². The summed E-state index contributed by atoms with van der Waals surface area (Å²) in [6, 6.07) is 20.8. The molecule has 0 spiro atoms. The Morgan fingerprint density at radius 1 is 0.833 bits per heavy atom. The first-order chi connectivity index (χ1) is 17.5. The molecule has 0 saturated heterocycles. The first-order valence-corrected chi connectivity index (χ1v) is 12.9. The fourth-order valence-corrected chi connectivity index (χ4v) is 6.39. The molecule has 5 aromatic rings. The van der Waals surface area contributed by atoms with Crippen LogP contribution in [0.15, 0.2) is 65.1 Å². The van der Waals surface area contributed by atoms with Gasteiger partial charge in [-0.25, -0.2) is 4.85 Å². The Balaban J connectivity index is 1.65. The molecule has 6 rings (SSSR count). The lowest BCUT2D eigenvalue weighted by Crippen LogP contribution is -2.37. The molecule has 1 aliphatic carbocycles. The third kappa shape index (κ3) is 3.36. The van der Waals surface area contributed by atoms with E-state index in [4.69, 9.17) is 11.0 Å². The number of fused-ring (bicyclic) bond motifs is 3. The van der Waals surface area contributed by atoms with E-state index in [1.54, 1.807) is 0 Å². The van der Waals surface area contributed by atoms with E-state index in [0.29, 0.717) is 11.6 Å². The lowest BCUT2D eigenvalue weighted by Gasteiger charge is -2.17. The first kappa shape index (κ1) is 22.6. The molecule has 3 heteroatoms. The fourth-order valence-electron chi connectivity index (χ4n) is 6.39. The lowest BCUT2D eigenvalue weighted by atomic mass is 9.90. The van der Waals surface area contributed by atoms with Crippen LogP contribution in [0.2, 0.25) is 0 Å². The highest BCUT2D eigenvalue weighted by Crippen LogP contribution is 2.45. The second-order valence-electron chi connectivity index (χ2n) is 10.3. The Kier molecular flexibility index (Phi) is 5.41. The quantitative estimate of drug-likeness (QED) is 0.190. The first-order valence-electron chi connectivity index (χ1n) is 12.9. The van der Waals surface area contributed by atoms with Gasteiger partial charge in [-0.15, -0.1) is 0 Å². The predicted molar refractivity (Wildman–Crippen MR) is 147 cm³/mol. The molecule has 0 bridgehead atoms. The normalized spacial score (nSPS) is 14.1. The lowest BCUT2D eigenvalue weighted by molar-refractivity contribution is -0.667. The van der Waals surface area contributed by atoms with Crippen LogP contribution < -0.4 is 4.57 Å². The molecule has 0 aliphatic heterocycles. The molecule has 1 fully saturated rings. The molecule has 178 valence electrons. The molecule has 1 saturated carbocycles. The summed E-state index contributed by atoms with van der Waals surface area (Å²) in [5.74, 6) is 0.675. The number of rotatable bonds is 3. The van der Waals surface area contributed by atoms with Crippen LogP contribution in [0.4, 0.5) is 5.69 Å². The van der Waals surface area contributed by atoms with Gasteiger partial charge in [0.1, 0.15) is 18.2 Å². The van der Waals surface area contributed by atoms with Crippen LogP contribution in [0.1, 0.15) is 54.0 Å². The minimum absolute atomic E-state index is 0.615. The molecule has 0 N–H and O–H groups in total. The summed E-state index contributed by atoms with van der Waals surface area (Å²) in [6.45, 7) is 14.5. The minimum atomic E-state index is 0.615. The number of pyridine rings is 1. The van der Waals surface area contributed by atoms with Gasteiger partial charge in [0.25, 0.3) is 0 Å². The zero-order chi connectivity index (χ0) is 25.0. The van der Waals surface area contributed by atoms with Gasteiger partial charge >= 0.3 is 0 Å². The van der Waals surface area contributed by atoms with Gasteiger partial charge in [-0.3, -0.25) is 0 Å². The Bertz CT molecular complexity index is 1680. The summed E-state index contributed by atoms with van der Waals surface area (Å²) >= 11 is 0. The van der Waals surface area contributed by atoms with Crippen molar-refractivity contribution in [3.8, 4) is 22.4 Å². The summed E-state index contributed by atoms with van der Waals surface area (Å²) in [6.07, 6.45) is 5.27. The zero-order valence-electron chi connectivity index (χ0n) is 21.5. The SMILES string of the molecule is [C-]#[N+]c1ccc2c(oc3c(-c4cc(C)c(C5CCCC5)c(C)[n+]4C)c(C)ccc32)c1-c1ccccc1. The van der Waals surface area contributed by atoms with Crippen LogP contribution in [-0.4, -0.2) is 0 Å². The topological polar surface area (TPSA) is 21.4 Å². The maximum Gasteiger partial charge on any atom is 0.216 e. The number of benzene rings is 3. The van der Waals surface area contributed by atoms with Gasteiger partial charge < -0.3 is 4.42 Å². The molecule has 0 unspecified atom stereocenters. The maximum absolute atomic E-state index is 7.80. The van der Waals surface area contributed by atoms with Crippen LogP contribution in [0.5, 0.6) is 0 Å². The van der Waals surface area contributed by atoms with Crippen LogP contribution >= 0.6 is 0 Å². The summed E-state index contributed by atoms with van der Waals surface area (Å²) in [4.78, 5) is 3.84. The van der Waals surface area contributed by atoms with E-state index in [0.717, 1.165) is 38.6 Å². The van der Waals surface area contributed by atoms with Gasteiger partial charge in [0, 0.05) is 34.9 Å². The standard InChI is InChI=1S/C33H31N2O/c1-20-15-16-25-26-17-18-27(34-4)31(24-11-7-6-8-12-24)33(26)36-32(25)30(20)28-19-21(2)29(22(3)35(28)5)23-13-9-10-14-23/h6-8,11-12,15-19,23H,9-10,13-14H2,1-3,5H3/q+1. The molecule has 0 amide bonds. The highest BCUT2D eigenvalue weighted by Gasteiger charge is 2.29. The van der Waals surface area contributed by atoms with Crippen molar-refractivity contribution in [1.29, 1.82) is 0 Å². The smallest absolute Gasteiger partial charge is 0.216 e. The van der Waals surface area contributed by atoms with Gasteiger partial charge in [-0.1, -0.05) is 67.4 Å². The van der Waals surface area contributed by atoms with E-state index < -0.39 is 0 Å². The van der Waals surface area contributed by atoms with Crippen molar-refractivity contribution >= 4 is 27.6 Å². The summed E-state index contributed by atoms with van der Waals surface area (Å²) in [5, 5.41) is 2.14. The molecular formula is C33H31N2O+. The van der Waals surface area contributed by atoms with E-state index in [1.807, 2.05) is 30.3 Å². The highest BCUT2D eigenvalue weighted by atomic mass is 16.3. The number of furan rings is 1. The summed E-state index contributed by atoms with van der Waals surface area (Å²) in [5.41, 5.74) is 11.9. The summed E-state index contributed by atoms with van der Waals surface area (Å²) < 4.78 is 9.11. The van der Waals surface area contributed by atoms with Crippen molar-refractivity contribution in [2.75, 3.05) is 0 Å².